The summed E-state index contributed by atoms with van der Waals surface area (Å²) in [5.74, 6) is 0.0544. The van der Waals surface area contributed by atoms with E-state index in [2.05, 4.69) is 44.5 Å². The summed E-state index contributed by atoms with van der Waals surface area (Å²) in [6.07, 6.45) is 5.60. The van der Waals surface area contributed by atoms with Gasteiger partial charge in [0.2, 0.25) is 5.91 Å². The van der Waals surface area contributed by atoms with Crippen molar-refractivity contribution in [3.05, 3.63) is 54.2 Å². The van der Waals surface area contributed by atoms with Gasteiger partial charge < -0.3 is 14.9 Å². The third-order valence-corrected chi connectivity index (χ3v) is 4.71. The first-order chi connectivity index (χ1) is 12.1. The highest BCUT2D eigenvalue weighted by Gasteiger charge is 2.30. The van der Waals surface area contributed by atoms with Gasteiger partial charge in [-0.15, -0.1) is 0 Å². The summed E-state index contributed by atoms with van der Waals surface area (Å²) < 4.78 is 2.01. The molecule has 2 N–H and O–H groups in total. The number of nitrogens with one attached hydrogen (secondary N) is 2. The molecule has 3 heterocycles. The zero-order chi connectivity index (χ0) is 17.4. The zero-order valence-corrected chi connectivity index (χ0v) is 14.6. The number of aromatic amines is 1. The van der Waals surface area contributed by atoms with Crippen molar-refractivity contribution >= 4 is 16.8 Å². The van der Waals surface area contributed by atoms with Crippen molar-refractivity contribution in [2.75, 3.05) is 6.54 Å². The lowest BCUT2D eigenvalue weighted by atomic mass is 10.1. The summed E-state index contributed by atoms with van der Waals surface area (Å²) in [4.78, 5) is 22.5. The van der Waals surface area contributed by atoms with Gasteiger partial charge in [0, 0.05) is 49.0 Å². The highest BCUT2D eigenvalue weighted by atomic mass is 16.2. The first kappa shape index (κ1) is 15.9. The molecule has 0 aliphatic carbocycles. The number of aromatic nitrogens is 3. The Bertz CT molecular complexity index is 894. The Balaban J connectivity index is 1.59. The minimum atomic E-state index is -0.237. The SMILES string of the molecule is CC(C)NC(=O)C1CN(Cc2cccc3[nH]ccc23)Cc2cncn21. The molecule has 4 rings (SSSR count). The molecule has 0 saturated heterocycles. The van der Waals surface area contributed by atoms with Crippen LogP contribution >= 0.6 is 0 Å². The summed E-state index contributed by atoms with van der Waals surface area (Å²) in [5.41, 5.74) is 3.50. The fraction of sp³-hybridized carbons (Fsp3) is 0.368. The van der Waals surface area contributed by atoms with Crippen LogP contribution in [-0.2, 0) is 17.9 Å². The molecule has 1 aromatic carbocycles. The fourth-order valence-corrected chi connectivity index (χ4v) is 3.60. The van der Waals surface area contributed by atoms with Gasteiger partial charge in [-0.25, -0.2) is 4.98 Å². The number of hydrogen-bond acceptors (Lipinski definition) is 3. The van der Waals surface area contributed by atoms with E-state index in [9.17, 15) is 4.79 Å². The van der Waals surface area contributed by atoms with Crippen LogP contribution in [0.5, 0.6) is 0 Å². The number of carbonyl (C=O) groups is 1. The summed E-state index contributed by atoms with van der Waals surface area (Å²) in [7, 11) is 0. The quantitative estimate of drug-likeness (QED) is 0.768. The van der Waals surface area contributed by atoms with E-state index >= 15 is 0 Å². The molecule has 1 atom stereocenters. The average Bonchev–Trinajstić information content (AvgIpc) is 3.22. The smallest absolute Gasteiger partial charge is 0.244 e. The molecular weight excluding hydrogens is 314 g/mol. The second-order valence-corrected chi connectivity index (χ2v) is 7.00. The van der Waals surface area contributed by atoms with Crippen molar-refractivity contribution in [3.8, 4) is 0 Å². The van der Waals surface area contributed by atoms with Crippen LogP contribution in [0.1, 0.15) is 31.1 Å². The van der Waals surface area contributed by atoms with Gasteiger partial charge in [0.05, 0.1) is 12.0 Å². The van der Waals surface area contributed by atoms with Crippen LogP contribution in [0.15, 0.2) is 43.0 Å². The Morgan fingerprint density at radius 3 is 3.12 bits per heavy atom. The van der Waals surface area contributed by atoms with Crippen LogP contribution in [0.25, 0.3) is 10.9 Å². The number of rotatable bonds is 4. The van der Waals surface area contributed by atoms with Gasteiger partial charge in [-0.1, -0.05) is 12.1 Å². The van der Waals surface area contributed by atoms with Crippen LogP contribution in [0.2, 0.25) is 0 Å². The van der Waals surface area contributed by atoms with Crippen LogP contribution in [0.3, 0.4) is 0 Å². The Kier molecular flexibility index (Phi) is 4.05. The maximum Gasteiger partial charge on any atom is 0.244 e. The van der Waals surface area contributed by atoms with E-state index in [1.807, 2.05) is 30.8 Å². The molecule has 0 bridgehead atoms. The summed E-state index contributed by atoms with van der Waals surface area (Å²) in [6.45, 7) is 6.26. The number of benzene rings is 1. The van der Waals surface area contributed by atoms with Gasteiger partial charge in [-0.3, -0.25) is 9.69 Å². The molecule has 0 saturated carbocycles. The van der Waals surface area contributed by atoms with E-state index in [0.717, 1.165) is 24.3 Å². The molecule has 1 unspecified atom stereocenters. The number of nitrogens with zero attached hydrogens (tertiary/aromatic N) is 3. The zero-order valence-electron chi connectivity index (χ0n) is 14.6. The Labute approximate surface area is 146 Å². The van der Waals surface area contributed by atoms with E-state index in [1.54, 1.807) is 6.33 Å². The maximum absolute atomic E-state index is 12.6. The number of H-pyrrole nitrogens is 1. The summed E-state index contributed by atoms with van der Waals surface area (Å²) in [6, 6.07) is 8.32. The fourth-order valence-electron chi connectivity index (χ4n) is 3.60. The van der Waals surface area contributed by atoms with Crippen molar-refractivity contribution in [1.82, 2.24) is 24.8 Å². The lowest BCUT2D eigenvalue weighted by Crippen LogP contribution is -2.45. The van der Waals surface area contributed by atoms with Crippen molar-refractivity contribution in [3.63, 3.8) is 0 Å². The van der Waals surface area contributed by atoms with Crippen molar-refractivity contribution in [2.24, 2.45) is 0 Å². The monoisotopic (exact) mass is 337 g/mol. The third-order valence-electron chi connectivity index (χ3n) is 4.71. The first-order valence-electron chi connectivity index (χ1n) is 8.70. The standard InChI is InChI=1S/C19H23N5O/c1-13(2)22-19(25)18-11-23(10-15-8-20-12-24(15)18)9-14-4-3-5-17-16(14)6-7-21-17/h3-8,12-13,18,21H,9-11H2,1-2H3,(H,22,25). The number of fused-ring (bicyclic) bond motifs is 2. The van der Waals surface area contributed by atoms with Gasteiger partial charge in [-0.05, 0) is 31.5 Å². The highest BCUT2D eigenvalue weighted by Crippen LogP contribution is 2.25. The van der Waals surface area contributed by atoms with E-state index in [4.69, 9.17) is 0 Å². The topological polar surface area (TPSA) is 66.0 Å². The highest BCUT2D eigenvalue weighted by molar-refractivity contribution is 5.83. The van der Waals surface area contributed by atoms with Gasteiger partial charge in [0.25, 0.3) is 0 Å². The van der Waals surface area contributed by atoms with Crippen LogP contribution in [-0.4, -0.2) is 37.9 Å². The molecule has 1 aliphatic rings. The van der Waals surface area contributed by atoms with Gasteiger partial charge in [0.1, 0.15) is 6.04 Å². The minimum Gasteiger partial charge on any atom is -0.361 e. The van der Waals surface area contributed by atoms with Crippen LogP contribution in [0.4, 0.5) is 0 Å². The number of carbonyl (C=O) groups excluding carboxylic acids is 1. The third kappa shape index (κ3) is 3.05. The van der Waals surface area contributed by atoms with Crippen LogP contribution in [0, 0.1) is 0 Å². The van der Waals surface area contributed by atoms with E-state index in [0.29, 0.717) is 6.54 Å². The van der Waals surface area contributed by atoms with Crippen molar-refractivity contribution < 1.29 is 4.79 Å². The summed E-state index contributed by atoms with van der Waals surface area (Å²) in [5, 5.41) is 4.27. The second-order valence-electron chi connectivity index (χ2n) is 7.00. The van der Waals surface area contributed by atoms with Gasteiger partial charge in [-0.2, -0.15) is 0 Å². The summed E-state index contributed by atoms with van der Waals surface area (Å²) >= 11 is 0. The molecular formula is C19H23N5O. The molecule has 25 heavy (non-hydrogen) atoms. The maximum atomic E-state index is 12.6. The number of imidazole rings is 1. The predicted octanol–water partition coefficient (Wildman–Crippen LogP) is 2.45. The largest absolute Gasteiger partial charge is 0.361 e. The van der Waals surface area contributed by atoms with Crippen molar-refractivity contribution in [1.29, 1.82) is 0 Å². The van der Waals surface area contributed by atoms with Gasteiger partial charge >= 0.3 is 0 Å². The van der Waals surface area contributed by atoms with E-state index < -0.39 is 0 Å². The molecule has 6 nitrogen and oxygen atoms in total. The second kappa shape index (κ2) is 6.37. The molecule has 1 amide bonds. The minimum absolute atomic E-state index is 0.0544. The first-order valence-corrected chi connectivity index (χ1v) is 8.70. The molecule has 0 spiro atoms. The number of amides is 1. The van der Waals surface area contributed by atoms with Crippen LogP contribution < -0.4 is 5.32 Å². The Morgan fingerprint density at radius 2 is 2.28 bits per heavy atom. The Morgan fingerprint density at radius 1 is 1.40 bits per heavy atom. The van der Waals surface area contributed by atoms with E-state index in [-0.39, 0.29) is 18.0 Å². The lowest BCUT2D eigenvalue weighted by molar-refractivity contribution is -0.126. The normalized spacial score (nSPS) is 17.8. The Hall–Kier alpha value is -2.60. The molecule has 2 aromatic heterocycles. The molecule has 130 valence electrons. The molecule has 1 aliphatic heterocycles. The average molecular weight is 337 g/mol. The van der Waals surface area contributed by atoms with E-state index in [1.165, 1.54) is 10.9 Å². The molecule has 6 heteroatoms. The predicted molar refractivity (Wildman–Crippen MR) is 97.0 cm³/mol. The molecule has 0 radical (unpaired) electrons. The van der Waals surface area contributed by atoms with Gasteiger partial charge in [0.15, 0.2) is 0 Å². The lowest BCUT2D eigenvalue weighted by Gasteiger charge is -2.34. The molecule has 0 fully saturated rings. The number of hydrogen-bond donors (Lipinski definition) is 2. The van der Waals surface area contributed by atoms with Crippen molar-refractivity contribution in [2.45, 2.75) is 39.0 Å². The molecule has 3 aromatic rings.